The Morgan fingerprint density at radius 3 is 2.82 bits per heavy atom. The summed E-state index contributed by atoms with van der Waals surface area (Å²) in [5.41, 5.74) is 4.65. The van der Waals surface area contributed by atoms with Gasteiger partial charge in [0.15, 0.2) is 23.4 Å². The molecule has 3 aromatic rings. The monoisotopic (exact) mass is 522 g/mol. The molecule has 4 atom stereocenters. The number of hydrogen-bond donors (Lipinski definition) is 3. The Morgan fingerprint density at radius 2 is 2.00 bits per heavy atom. The van der Waals surface area contributed by atoms with Gasteiger partial charge < -0.3 is 19.9 Å². The predicted molar refractivity (Wildman–Crippen MR) is 148 cm³/mol. The molecule has 6 nitrogen and oxygen atoms in total. The predicted octanol–water partition coefficient (Wildman–Crippen LogP) is 4.63. The highest BCUT2D eigenvalue weighted by atomic mass is 16.5. The minimum atomic E-state index is -0.988. The largest absolute Gasteiger partial charge is 0.504 e. The number of likely N-dealkylation sites (tertiary alicyclic amines) is 1. The molecule has 1 saturated heterocycles. The van der Waals surface area contributed by atoms with E-state index in [1.807, 2.05) is 42.5 Å². The quantitative estimate of drug-likeness (QED) is 0.394. The van der Waals surface area contributed by atoms with Gasteiger partial charge in [0.2, 0.25) is 0 Å². The standard InChI is InChI=1S/C33H34N2O4/c36-25(11-8-20-4-2-1-3-5-20)12-10-24-16-23-18-33(38)27-17-22-9-13-26(37)30-28(22)32(33,31(39-30)29(23)34-24)14-15-35(27)19-21-6-7-21/h1-5,9-10,12-13,16,21,27,31,34,37-38H,6-8,11,14-15,17-19H2/b12-10+/t27-,31?,32-,33+/m0/s1. The van der Waals surface area contributed by atoms with E-state index < -0.39 is 17.1 Å². The Hall–Kier alpha value is -3.35. The number of fused-ring (bicyclic) bond motifs is 2. The lowest BCUT2D eigenvalue weighted by Gasteiger charge is -2.62. The number of carbonyl (C=O) groups excluding carboxylic acids is 1. The van der Waals surface area contributed by atoms with Crippen LogP contribution in [-0.4, -0.2) is 50.6 Å². The molecule has 2 bridgehead atoms. The van der Waals surface area contributed by atoms with Gasteiger partial charge in [0.05, 0.1) is 16.7 Å². The average molecular weight is 523 g/mol. The summed E-state index contributed by atoms with van der Waals surface area (Å²) < 4.78 is 6.61. The van der Waals surface area contributed by atoms with Gasteiger partial charge in [-0.2, -0.15) is 0 Å². The van der Waals surface area contributed by atoms with Crippen LogP contribution in [0.25, 0.3) is 6.08 Å². The summed E-state index contributed by atoms with van der Waals surface area (Å²) in [6, 6.07) is 15.9. The zero-order chi connectivity index (χ0) is 26.4. The molecule has 3 aliphatic carbocycles. The Morgan fingerprint density at radius 1 is 1.15 bits per heavy atom. The number of piperidine rings is 1. The van der Waals surface area contributed by atoms with Crippen molar-refractivity contribution in [2.75, 3.05) is 13.1 Å². The van der Waals surface area contributed by atoms with E-state index in [0.717, 1.165) is 66.3 Å². The fraction of sp³-hybridized carbons (Fsp3) is 0.424. The van der Waals surface area contributed by atoms with Crippen molar-refractivity contribution in [1.29, 1.82) is 0 Å². The molecule has 1 unspecified atom stereocenters. The van der Waals surface area contributed by atoms with Crippen LogP contribution in [0.15, 0.2) is 54.6 Å². The van der Waals surface area contributed by atoms with E-state index in [0.29, 0.717) is 18.6 Å². The fourth-order valence-electron chi connectivity index (χ4n) is 8.15. The maximum atomic E-state index is 12.8. The lowest BCUT2D eigenvalue weighted by molar-refractivity contribution is -0.173. The van der Waals surface area contributed by atoms with Crippen LogP contribution in [0, 0.1) is 5.92 Å². The van der Waals surface area contributed by atoms with Gasteiger partial charge in [0, 0.05) is 36.7 Å². The van der Waals surface area contributed by atoms with Crippen molar-refractivity contribution in [3.63, 3.8) is 0 Å². The molecule has 5 aliphatic rings. The minimum Gasteiger partial charge on any atom is -0.504 e. The molecule has 2 fully saturated rings. The summed E-state index contributed by atoms with van der Waals surface area (Å²) in [7, 11) is 0. The molecule has 2 aromatic carbocycles. The molecule has 1 spiro atoms. The van der Waals surface area contributed by atoms with E-state index in [-0.39, 0.29) is 17.6 Å². The van der Waals surface area contributed by atoms with Crippen LogP contribution >= 0.6 is 0 Å². The molecule has 6 heteroatoms. The molecule has 39 heavy (non-hydrogen) atoms. The zero-order valence-electron chi connectivity index (χ0n) is 22.0. The van der Waals surface area contributed by atoms with Gasteiger partial charge in [0.1, 0.15) is 0 Å². The topological polar surface area (TPSA) is 85.8 Å². The summed E-state index contributed by atoms with van der Waals surface area (Å²) in [6.07, 6.45) is 8.98. The van der Waals surface area contributed by atoms with Crippen molar-refractivity contribution in [3.05, 3.63) is 88.2 Å². The number of aryl methyl sites for hydroxylation is 1. The Labute approximate surface area is 228 Å². The number of nitrogens with one attached hydrogen (secondary N) is 1. The number of aliphatic hydroxyl groups is 1. The number of ether oxygens (including phenoxy) is 1. The summed E-state index contributed by atoms with van der Waals surface area (Å²) in [5.74, 6) is 1.53. The highest BCUT2D eigenvalue weighted by Gasteiger charge is 2.72. The van der Waals surface area contributed by atoms with Crippen LogP contribution in [0.4, 0.5) is 0 Å². The third kappa shape index (κ3) is 3.37. The lowest BCUT2D eigenvalue weighted by Crippen LogP contribution is -2.74. The van der Waals surface area contributed by atoms with Crippen molar-refractivity contribution in [1.82, 2.24) is 9.88 Å². The number of rotatable bonds is 7. The first kappa shape index (κ1) is 23.5. The summed E-state index contributed by atoms with van der Waals surface area (Å²) in [4.78, 5) is 18.7. The van der Waals surface area contributed by atoms with Gasteiger partial charge in [-0.1, -0.05) is 36.4 Å². The van der Waals surface area contributed by atoms with Crippen LogP contribution in [-0.2, 0) is 29.5 Å². The number of benzene rings is 2. The molecule has 8 rings (SSSR count). The van der Waals surface area contributed by atoms with E-state index in [1.165, 1.54) is 18.4 Å². The molecule has 200 valence electrons. The van der Waals surface area contributed by atoms with Crippen molar-refractivity contribution in [2.45, 2.75) is 68.1 Å². The molecule has 2 aliphatic heterocycles. The number of phenols is 1. The van der Waals surface area contributed by atoms with E-state index in [4.69, 9.17) is 4.74 Å². The number of nitrogens with zero attached hydrogens (tertiary/aromatic N) is 1. The van der Waals surface area contributed by atoms with Gasteiger partial charge in [-0.15, -0.1) is 0 Å². The third-order valence-corrected chi connectivity index (χ3v) is 10.1. The average Bonchev–Trinajstić information content (AvgIpc) is 3.55. The number of aromatic hydroxyl groups is 1. The number of hydrogen-bond acceptors (Lipinski definition) is 5. The number of H-pyrrole nitrogens is 1. The number of ketones is 1. The summed E-state index contributed by atoms with van der Waals surface area (Å²) in [5, 5.41) is 23.6. The summed E-state index contributed by atoms with van der Waals surface area (Å²) in [6.45, 7) is 1.98. The second-order valence-corrected chi connectivity index (χ2v) is 12.4. The SMILES string of the molecule is O=C(/C=C/c1cc2c([nH]1)C1Oc3c(O)ccc4c3[C@@]13CCN(CC1CC1)[C@@H](C4)[C@]3(O)C2)CCc1ccccc1. The highest BCUT2D eigenvalue weighted by Crippen LogP contribution is 2.68. The molecule has 0 amide bonds. The van der Waals surface area contributed by atoms with Crippen LogP contribution in [0.2, 0.25) is 0 Å². The third-order valence-electron chi connectivity index (χ3n) is 10.1. The fourth-order valence-corrected chi connectivity index (χ4v) is 8.15. The molecule has 1 aromatic heterocycles. The number of aromatic nitrogens is 1. The second kappa shape index (κ2) is 8.33. The van der Waals surface area contributed by atoms with Crippen LogP contribution in [0.1, 0.15) is 65.4 Å². The molecule has 1 saturated carbocycles. The Balaban J connectivity index is 1.14. The maximum absolute atomic E-state index is 12.8. The van der Waals surface area contributed by atoms with E-state index in [1.54, 1.807) is 12.1 Å². The van der Waals surface area contributed by atoms with E-state index in [9.17, 15) is 15.0 Å². The van der Waals surface area contributed by atoms with Gasteiger partial charge in [-0.25, -0.2) is 0 Å². The maximum Gasteiger partial charge on any atom is 0.166 e. The lowest BCUT2D eigenvalue weighted by atomic mass is 9.49. The van der Waals surface area contributed by atoms with Crippen LogP contribution in [0.5, 0.6) is 11.5 Å². The minimum absolute atomic E-state index is 0.0162. The van der Waals surface area contributed by atoms with Crippen LogP contribution in [0.3, 0.4) is 0 Å². The number of phenolic OH excluding ortho intramolecular Hbond substituents is 1. The highest BCUT2D eigenvalue weighted by molar-refractivity contribution is 5.93. The van der Waals surface area contributed by atoms with Crippen molar-refractivity contribution < 1.29 is 19.7 Å². The first-order valence-electron chi connectivity index (χ1n) is 14.4. The van der Waals surface area contributed by atoms with Gasteiger partial charge in [0.25, 0.3) is 0 Å². The second-order valence-electron chi connectivity index (χ2n) is 12.4. The van der Waals surface area contributed by atoms with Crippen LogP contribution < -0.4 is 4.74 Å². The van der Waals surface area contributed by atoms with Gasteiger partial charge in [-0.3, -0.25) is 9.69 Å². The first-order valence-corrected chi connectivity index (χ1v) is 14.4. The van der Waals surface area contributed by atoms with Gasteiger partial charge >= 0.3 is 0 Å². The number of carbonyl (C=O) groups is 1. The number of allylic oxidation sites excluding steroid dienone is 1. The summed E-state index contributed by atoms with van der Waals surface area (Å²) >= 11 is 0. The molecule has 0 radical (unpaired) electrons. The van der Waals surface area contributed by atoms with Crippen molar-refractivity contribution in [3.8, 4) is 11.5 Å². The molecule has 3 N–H and O–H groups in total. The molecular formula is C33H34N2O4. The zero-order valence-corrected chi connectivity index (χ0v) is 22.0. The van der Waals surface area contributed by atoms with E-state index in [2.05, 4.69) is 16.0 Å². The van der Waals surface area contributed by atoms with Crippen molar-refractivity contribution in [2.24, 2.45) is 5.92 Å². The molecule has 3 heterocycles. The first-order chi connectivity index (χ1) is 19.0. The Bertz CT molecular complexity index is 1510. The van der Waals surface area contributed by atoms with E-state index >= 15 is 0 Å². The number of aromatic amines is 1. The Kier molecular flexibility index (Phi) is 5.02. The normalized spacial score (nSPS) is 30.2. The van der Waals surface area contributed by atoms with Gasteiger partial charge in [-0.05, 0) is 85.5 Å². The smallest absolute Gasteiger partial charge is 0.166 e. The van der Waals surface area contributed by atoms with Crippen molar-refractivity contribution >= 4 is 11.9 Å². The molecular weight excluding hydrogens is 488 g/mol.